The minimum absolute atomic E-state index is 0.0294. The van der Waals surface area contributed by atoms with Gasteiger partial charge in [0.15, 0.2) is 0 Å². The number of aliphatic hydroxyl groups is 1. The Hall–Kier alpha value is -3.06. The second-order valence-corrected chi connectivity index (χ2v) is 9.20. The predicted molar refractivity (Wildman–Crippen MR) is 140 cm³/mol. The predicted octanol–water partition coefficient (Wildman–Crippen LogP) is 5.76. The van der Waals surface area contributed by atoms with Gasteiger partial charge in [-0.15, -0.1) is 0 Å². The van der Waals surface area contributed by atoms with Gasteiger partial charge in [-0.25, -0.2) is 0 Å². The molecule has 0 aliphatic rings. The lowest BCUT2D eigenvalue weighted by molar-refractivity contribution is 0.0929. The van der Waals surface area contributed by atoms with Crippen LogP contribution in [-0.2, 0) is 6.42 Å². The second kappa shape index (κ2) is 12.6. The van der Waals surface area contributed by atoms with Gasteiger partial charge in [-0.3, -0.25) is 9.59 Å². The number of hydrogen-bond donors (Lipinski definition) is 3. The molecule has 0 radical (unpaired) electrons. The second-order valence-electron chi connectivity index (χ2n) is 8.36. The standard InChI is InChI=1S/C27H28Cl2N2O4/c1-17(2)35-25-12-7-20(16-24(25)29)27(34)31-23(13-14-32)15-18-3-10-22(11-4-18)30-26(33)19-5-8-21(28)9-6-19/h3-12,16-17,23,32H,13-15H2,1-2H3,(H,30,33)(H,31,34)/t23-/m1/s1. The van der Waals surface area contributed by atoms with E-state index in [9.17, 15) is 14.7 Å². The van der Waals surface area contributed by atoms with Crippen LogP contribution in [-0.4, -0.2) is 35.7 Å². The van der Waals surface area contributed by atoms with Gasteiger partial charge in [0.1, 0.15) is 5.75 Å². The van der Waals surface area contributed by atoms with E-state index in [1.165, 1.54) is 0 Å². The Labute approximate surface area is 215 Å². The molecule has 6 nitrogen and oxygen atoms in total. The topological polar surface area (TPSA) is 87.7 Å². The average Bonchev–Trinajstić information content (AvgIpc) is 2.82. The maximum Gasteiger partial charge on any atom is 0.255 e. The molecule has 184 valence electrons. The van der Waals surface area contributed by atoms with Crippen LogP contribution in [0.4, 0.5) is 5.69 Å². The molecule has 0 heterocycles. The Bertz CT molecular complexity index is 1150. The number of rotatable bonds is 10. The van der Waals surface area contributed by atoms with Gasteiger partial charge in [0.25, 0.3) is 11.8 Å². The molecule has 0 fully saturated rings. The number of carbonyl (C=O) groups excluding carboxylic acids is 2. The summed E-state index contributed by atoms with van der Waals surface area (Å²) in [7, 11) is 0. The summed E-state index contributed by atoms with van der Waals surface area (Å²) in [6.07, 6.45) is 0.876. The largest absolute Gasteiger partial charge is 0.489 e. The van der Waals surface area contributed by atoms with Crippen molar-refractivity contribution in [3.05, 3.63) is 93.5 Å². The van der Waals surface area contributed by atoms with Crippen molar-refractivity contribution in [1.29, 1.82) is 0 Å². The summed E-state index contributed by atoms with van der Waals surface area (Å²) in [5.74, 6) is 0.00461. The van der Waals surface area contributed by atoms with E-state index in [2.05, 4.69) is 10.6 Å². The Morgan fingerprint density at radius 2 is 1.57 bits per heavy atom. The molecular weight excluding hydrogens is 487 g/mol. The van der Waals surface area contributed by atoms with Gasteiger partial charge in [0.2, 0.25) is 0 Å². The highest BCUT2D eigenvalue weighted by atomic mass is 35.5. The Morgan fingerprint density at radius 3 is 2.17 bits per heavy atom. The number of ether oxygens (including phenoxy) is 1. The zero-order chi connectivity index (χ0) is 25.4. The van der Waals surface area contributed by atoms with Crippen LogP contribution in [0, 0.1) is 0 Å². The molecule has 3 aromatic carbocycles. The van der Waals surface area contributed by atoms with E-state index in [-0.39, 0.29) is 30.6 Å². The number of benzene rings is 3. The quantitative estimate of drug-likeness (QED) is 0.321. The monoisotopic (exact) mass is 514 g/mol. The lowest BCUT2D eigenvalue weighted by Gasteiger charge is -2.19. The van der Waals surface area contributed by atoms with Gasteiger partial charge in [-0.2, -0.15) is 0 Å². The molecular formula is C27H28Cl2N2O4. The fraction of sp³-hybridized carbons (Fsp3) is 0.259. The Kier molecular flexibility index (Phi) is 9.55. The third-order valence-electron chi connectivity index (χ3n) is 5.17. The molecule has 0 spiro atoms. The first-order valence-electron chi connectivity index (χ1n) is 11.3. The summed E-state index contributed by atoms with van der Waals surface area (Å²) in [5.41, 5.74) is 2.52. The number of amides is 2. The maximum atomic E-state index is 12.8. The summed E-state index contributed by atoms with van der Waals surface area (Å²) >= 11 is 12.1. The smallest absolute Gasteiger partial charge is 0.255 e. The van der Waals surface area contributed by atoms with Crippen LogP contribution in [0.5, 0.6) is 5.75 Å². The first-order chi connectivity index (χ1) is 16.7. The fourth-order valence-electron chi connectivity index (χ4n) is 3.45. The lowest BCUT2D eigenvalue weighted by Crippen LogP contribution is -2.37. The van der Waals surface area contributed by atoms with E-state index in [0.29, 0.717) is 45.5 Å². The molecule has 3 rings (SSSR count). The van der Waals surface area contributed by atoms with Gasteiger partial charge >= 0.3 is 0 Å². The van der Waals surface area contributed by atoms with Gasteiger partial charge in [0, 0.05) is 34.5 Å². The number of anilines is 1. The summed E-state index contributed by atoms with van der Waals surface area (Å²) in [4.78, 5) is 25.2. The molecule has 0 saturated carbocycles. The Morgan fingerprint density at radius 1 is 0.914 bits per heavy atom. The van der Waals surface area contributed by atoms with Crippen LogP contribution in [0.1, 0.15) is 46.5 Å². The minimum atomic E-state index is -0.285. The summed E-state index contributed by atoms with van der Waals surface area (Å²) in [5, 5.41) is 16.2. The summed E-state index contributed by atoms with van der Waals surface area (Å²) < 4.78 is 5.61. The first kappa shape index (κ1) is 26.5. The molecule has 3 N–H and O–H groups in total. The molecule has 0 bridgehead atoms. The number of aliphatic hydroxyl groups excluding tert-OH is 1. The van der Waals surface area contributed by atoms with Crippen LogP contribution in [0.25, 0.3) is 0 Å². The zero-order valence-corrected chi connectivity index (χ0v) is 21.1. The van der Waals surface area contributed by atoms with E-state index < -0.39 is 0 Å². The fourth-order valence-corrected chi connectivity index (χ4v) is 3.81. The van der Waals surface area contributed by atoms with E-state index in [1.54, 1.807) is 54.6 Å². The van der Waals surface area contributed by atoms with E-state index >= 15 is 0 Å². The molecule has 1 atom stereocenters. The summed E-state index contributed by atoms with van der Waals surface area (Å²) in [6.45, 7) is 3.73. The average molecular weight is 515 g/mol. The molecule has 0 unspecified atom stereocenters. The third-order valence-corrected chi connectivity index (χ3v) is 5.72. The number of carbonyl (C=O) groups is 2. The zero-order valence-electron chi connectivity index (χ0n) is 19.6. The van der Waals surface area contributed by atoms with Gasteiger partial charge in [-0.1, -0.05) is 35.3 Å². The molecule has 0 aliphatic carbocycles. The van der Waals surface area contributed by atoms with E-state index in [1.807, 2.05) is 26.0 Å². The highest BCUT2D eigenvalue weighted by Gasteiger charge is 2.16. The molecule has 0 saturated heterocycles. The molecule has 8 heteroatoms. The number of hydrogen-bond acceptors (Lipinski definition) is 4. The van der Waals surface area contributed by atoms with Gasteiger partial charge in [-0.05, 0) is 86.8 Å². The van der Waals surface area contributed by atoms with E-state index in [4.69, 9.17) is 27.9 Å². The van der Waals surface area contributed by atoms with Crippen molar-refractivity contribution in [2.75, 3.05) is 11.9 Å². The lowest BCUT2D eigenvalue weighted by atomic mass is 10.0. The first-order valence-corrected chi connectivity index (χ1v) is 12.0. The van der Waals surface area contributed by atoms with E-state index in [0.717, 1.165) is 5.56 Å². The normalized spacial score (nSPS) is 11.7. The van der Waals surface area contributed by atoms with Crippen LogP contribution in [0.2, 0.25) is 10.0 Å². The highest BCUT2D eigenvalue weighted by Crippen LogP contribution is 2.26. The minimum Gasteiger partial charge on any atom is -0.489 e. The van der Waals surface area contributed by atoms with Gasteiger partial charge < -0.3 is 20.5 Å². The Balaban J connectivity index is 1.61. The van der Waals surface area contributed by atoms with Crippen molar-refractivity contribution in [2.24, 2.45) is 0 Å². The van der Waals surface area contributed by atoms with Crippen LogP contribution < -0.4 is 15.4 Å². The SMILES string of the molecule is CC(C)Oc1ccc(C(=O)N[C@H](CCO)Cc2ccc(NC(=O)c3ccc(Cl)cc3)cc2)cc1Cl. The number of halogens is 2. The van der Waals surface area contributed by atoms with Crippen molar-refractivity contribution < 1.29 is 19.4 Å². The maximum absolute atomic E-state index is 12.8. The molecule has 0 aliphatic heterocycles. The van der Waals surface area contributed by atoms with Crippen molar-refractivity contribution in [1.82, 2.24) is 5.32 Å². The molecule has 3 aromatic rings. The van der Waals surface area contributed by atoms with Crippen LogP contribution >= 0.6 is 23.2 Å². The summed E-state index contributed by atoms with van der Waals surface area (Å²) in [6, 6.07) is 18.6. The van der Waals surface area contributed by atoms with Crippen molar-refractivity contribution in [3.63, 3.8) is 0 Å². The highest BCUT2D eigenvalue weighted by molar-refractivity contribution is 6.32. The van der Waals surface area contributed by atoms with Crippen LogP contribution in [0.3, 0.4) is 0 Å². The van der Waals surface area contributed by atoms with Crippen molar-refractivity contribution in [2.45, 2.75) is 38.8 Å². The van der Waals surface area contributed by atoms with Gasteiger partial charge in [0.05, 0.1) is 11.1 Å². The molecule has 35 heavy (non-hydrogen) atoms. The van der Waals surface area contributed by atoms with Crippen molar-refractivity contribution >= 4 is 40.7 Å². The molecule has 2 amide bonds. The number of nitrogens with one attached hydrogen (secondary N) is 2. The third kappa shape index (κ3) is 7.99. The van der Waals surface area contributed by atoms with Crippen LogP contribution in [0.15, 0.2) is 66.7 Å². The van der Waals surface area contributed by atoms with Crippen molar-refractivity contribution in [3.8, 4) is 5.75 Å². The molecule has 0 aromatic heterocycles.